The van der Waals surface area contributed by atoms with Crippen molar-refractivity contribution in [2.24, 2.45) is 5.10 Å². The van der Waals surface area contributed by atoms with Gasteiger partial charge in [-0.2, -0.15) is 5.10 Å². The summed E-state index contributed by atoms with van der Waals surface area (Å²) in [6, 6.07) is 5.94. The third-order valence-corrected chi connectivity index (χ3v) is 3.53. The van der Waals surface area contributed by atoms with Crippen LogP contribution in [0, 0.1) is 6.92 Å². The number of hydrogen-bond acceptors (Lipinski definition) is 5. The molecule has 20 heavy (non-hydrogen) atoms. The fourth-order valence-electron chi connectivity index (χ4n) is 1.76. The number of benzene rings is 1. The molecule has 0 spiro atoms. The first-order valence-electron chi connectivity index (χ1n) is 6.22. The van der Waals surface area contributed by atoms with Gasteiger partial charge in [0.25, 0.3) is 0 Å². The molecule has 0 bridgehead atoms. The Labute approximate surface area is 122 Å². The zero-order chi connectivity index (χ0) is 14.4. The molecule has 5 heteroatoms. The summed E-state index contributed by atoms with van der Waals surface area (Å²) >= 11 is 1.53. The van der Waals surface area contributed by atoms with Crippen molar-refractivity contribution < 1.29 is 4.74 Å². The van der Waals surface area contributed by atoms with Crippen molar-refractivity contribution in [3.05, 3.63) is 53.1 Å². The Morgan fingerprint density at radius 3 is 3.00 bits per heavy atom. The molecule has 0 atom stereocenters. The number of aryl methyl sites for hydroxylation is 1. The number of methoxy groups -OCH3 is 1. The molecule has 2 rings (SSSR count). The molecular formula is C15H17N3OS. The summed E-state index contributed by atoms with van der Waals surface area (Å²) in [5.41, 5.74) is 6.01. The van der Waals surface area contributed by atoms with Crippen LogP contribution in [0.5, 0.6) is 5.75 Å². The van der Waals surface area contributed by atoms with E-state index >= 15 is 0 Å². The van der Waals surface area contributed by atoms with Crippen LogP contribution in [0.3, 0.4) is 0 Å². The normalized spacial score (nSPS) is 10.7. The number of hydrogen-bond donors (Lipinski definition) is 1. The van der Waals surface area contributed by atoms with Gasteiger partial charge in [-0.05, 0) is 42.7 Å². The summed E-state index contributed by atoms with van der Waals surface area (Å²) in [4.78, 5) is 4.28. The van der Waals surface area contributed by atoms with Gasteiger partial charge in [-0.1, -0.05) is 6.08 Å². The van der Waals surface area contributed by atoms with E-state index in [1.54, 1.807) is 13.3 Å². The molecular weight excluding hydrogens is 270 g/mol. The second-order valence-corrected chi connectivity index (χ2v) is 5.09. The van der Waals surface area contributed by atoms with E-state index < -0.39 is 0 Å². The molecule has 2 aromatic rings. The van der Waals surface area contributed by atoms with Crippen molar-refractivity contribution >= 4 is 22.7 Å². The van der Waals surface area contributed by atoms with Gasteiger partial charge in [-0.3, -0.25) is 5.43 Å². The number of rotatable bonds is 6. The Kier molecular flexibility index (Phi) is 4.90. The van der Waals surface area contributed by atoms with Gasteiger partial charge in [0, 0.05) is 5.38 Å². The fraction of sp³-hybridized carbons (Fsp3) is 0.200. The number of anilines is 1. The Morgan fingerprint density at radius 1 is 1.50 bits per heavy atom. The topological polar surface area (TPSA) is 46.5 Å². The van der Waals surface area contributed by atoms with Gasteiger partial charge >= 0.3 is 0 Å². The van der Waals surface area contributed by atoms with Crippen LogP contribution in [0.1, 0.15) is 16.8 Å². The Balaban J connectivity index is 2.08. The molecule has 0 aliphatic rings. The lowest BCUT2D eigenvalue weighted by Crippen LogP contribution is -1.94. The maximum Gasteiger partial charge on any atom is 0.203 e. The monoisotopic (exact) mass is 287 g/mol. The molecule has 0 saturated heterocycles. The molecule has 0 saturated carbocycles. The highest BCUT2D eigenvalue weighted by Crippen LogP contribution is 2.20. The Hall–Kier alpha value is -2.14. The van der Waals surface area contributed by atoms with E-state index in [1.807, 2.05) is 36.6 Å². The summed E-state index contributed by atoms with van der Waals surface area (Å²) in [6.07, 6.45) is 4.39. The molecule has 0 radical (unpaired) electrons. The maximum atomic E-state index is 5.31. The molecule has 4 nitrogen and oxygen atoms in total. The van der Waals surface area contributed by atoms with Gasteiger partial charge in [0.15, 0.2) is 0 Å². The molecule has 0 unspecified atom stereocenters. The number of hydrazone groups is 1. The summed E-state index contributed by atoms with van der Waals surface area (Å²) < 4.78 is 5.31. The van der Waals surface area contributed by atoms with E-state index in [4.69, 9.17) is 4.74 Å². The molecule has 1 heterocycles. The van der Waals surface area contributed by atoms with Gasteiger partial charge in [-0.15, -0.1) is 17.9 Å². The third-order valence-electron chi connectivity index (χ3n) is 2.66. The van der Waals surface area contributed by atoms with Crippen LogP contribution in [0.25, 0.3) is 0 Å². The van der Waals surface area contributed by atoms with Crippen LogP contribution in [0.2, 0.25) is 0 Å². The highest BCUT2D eigenvalue weighted by atomic mass is 32.1. The predicted molar refractivity (Wildman–Crippen MR) is 85.0 cm³/mol. The van der Waals surface area contributed by atoms with E-state index in [0.29, 0.717) is 0 Å². The molecule has 0 aliphatic carbocycles. The van der Waals surface area contributed by atoms with E-state index in [-0.39, 0.29) is 0 Å². The Morgan fingerprint density at radius 2 is 2.35 bits per heavy atom. The van der Waals surface area contributed by atoms with E-state index in [1.165, 1.54) is 11.3 Å². The predicted octanol–water partition coefficient (Wildman–Crippen LogP) is 3.63. The summed E-state index contributed by atoms with van der Waals surface area (Å²) in [5.74, 6) is 0.866. The average Bonchev–Trinajstić information content (AvgIpc) is 2.85. The summed E-state index contributed by atoms with van der Waals surface area (Å²) in [5, 5.41) is 6.96. The van der Waals surface area contributed by atoms with Crippen molar-refractivity contribution in [2.45, 2.75) is 13.3 Å². The fourth-order valence-corrected chi connectivity index (χ4v) is 2.40. The zero-order valence-electron chi connectivity index (χ0n) is 11.6. The second kappa shape index (κ2) is 6.86. The minimum Gasteiger partial charge on any atom is -0.496 e. The molecule has 0 fully saturated rings. The molecule has 1 aromatic carbocycles. The summed E-state index contributed by atoms with van der Waals surface area (Å²) in [6.45, 7) is 5.71. The van der Waals surface area contributed by atoms with Crippen LogP contribution >= 0.6 is 11.3 Å². The first kappa shape index (κ1) is 14.3. The quantitative estimate of drug-likeness (QED) is 0.501. The van der Waals surface area contributed by atoms with Crippen molar-refractivity contribution in [1.29, 1.82) is 0 Å². The van der Waals surface area contributed by atoms with Crippen molar-refractivity contribution in [3.63, 3.8) is 0 Å². The number of nitrogens with one attached hydrogen (secondary N) is 1. The smallest absolute Gasteiger partial charge is 0.203 e. The Bertz CT molecular complexity index is 619. The lowest BCUT2D eigenvalue weighted by Gasteiger charge is -2.07. The van der Waals surface area contributed by atoms with Crippen LogP contribution < -0.4 is 10.2 Å². The van der Waals surface area contributed by atoms with Gasteiger partial charge < -0.3 is 4.74 Å². The van der Waals surface area contributed by atoms with Gasteiger partial charge in [0.05, 0.1) is 19.0 Å². The van der Waals surface area contributed by atoms with Crippen LogP contribution in [0.4, 0.5) is 5.13 Å². The molecule has 104 valence electrons. The van der Waals surface area contributed by atoms with E-state index in [9.17, 15) is 0 Å². The lowest BCUT2D eigenvalue weighted by molar-refractivity contribution is 0.410. The highest BCUT2D eigenvalue weighted by molar-refractivity contribution is 7.13. The van der Waals surface area contributed by atoms with Crippen molar-refractivity contribution in [2.75, 3.05) is 12.5 Å². The number of thiazole rings is 1. The standard InChI is InChI=1S/C15H17N3OS/c1-4-5-13-8-12(6-7-14(13)19-3)9-16-18-15-17-11(2)10-20-15/h4,6-10H,1,5H2,2-3H3,(H,17,18). The van der Waals surface area contributed by atoms with Crippen LogP contribution in [-0.2, 0) is 6.42 Å². The van der Waals surface area contributed by atoms with E-state index in [2.05, 4.69) is 22.1 Å². The SMILES string of the molecule is C=CCc1cc(C=NNc2nc(C)cs2)ccc1OC. The first-order valence-corrected chi connectivity index (χ1v) is 7.10. The maximum absolute atomic E-state index is 5.31. The highest BCUT2D eigenvalue weighted by Gasteiger charge is 2.02. The lowest BCUT2D eigenvalue weighted by atomic mass is 10.1. The minimum atomic E-state index is 0.768. The van der Waals surface area contributed by atoms with Crippen molar-refractivity contribution in [1.82, 2.24) is 4.98 Å². The van der Waals surface area contributed by atoms with Gasteiger partial charge in [0.1, 0.15) is 5.75 Å². The molecule has 1 N–H and O–H groups in total. The van der Waals surface area contributed by atoms with E-state index in [0.717, 1.165) is 34.1 Å². The molecule has 0 amide bonds. The summed E-state index contributed by atoms with van der Waals surface area (Å²) in [7, 11) is 1.67. The van der Waals surface area contributed by atoms with Crippen LogP contribution in [-0.4, -0.2) is 18.3 Å². The molecule has 1 aromatic heterocycles. The number of aromatic nitrogens is 1. The second-order valence-electron chi connectivity index (χ2n) is 4.23. The van der Waals surface area contributed by atoms with Crippen molar-refractivity contribution in [3.8, 4) is 5.75 Å². The van der Waals surface area contributed by atoms with Gasteiger partial charge in [-0.25, -0.2) is 4.98 Å². The average molecular weight is 287 g/mol. The van der Waals surface area contributed by atoms with Gasteiger partial charge in [0.2, 0.25) is 5.13 Å². The number of allylic oxidation sites excluding steroid dienone is 1. The largest absolute Gasteiger partial charge is 0.496 e. The number of nitrogens with zero attached hydrogens (tertiary/aromatic N) is 2. The van der Waals surface area contributed by atoms with Crippen LogP contribution in [0.15, 0.2) is 41.3 Å². The third kappa shape index (κ3) is 3.68. The first-order chi connectivity index (χ1) is 9.72. The zero-order valence-corrected chi connectivity index (χ0v) is 12.4. The molecule has 0 aliphatic heterocycles. The number of ether oxygens (including phenoxy) is 1. The minimum absolute atomic E-state index is 0.768.